The van der Waals surface area contributed by atoms with Gasteiger partial charge >= 0.3 is 0 Å². The van der Waals surface area contributed by atoms with E-state index in [2.05, 4.69) is 15.2 Å². The van der Waals surface area contributed by atoms with Crippen molar-refractivity contribution in [2.75, 3.05) is 31.6 Å². The predicted molar refractivity (Wildman–Crippen MR) is 132 cm³/mol. The van der Waals surface area contributed by atoms with Gasteiger partial charge in [-0.05, 0) is 54.6 Å². The molecular formula is C26H22ClFN4O3. The zero-order valence-electron chi connectivity index (χ0n) is 18.7. The van der Waals surface area contributed by atoms with E-state index in [0.717, 1.165) is 55.6 Å². The smallest absolute Gasteiger partial charge is 0.255 e. The zero-order chi connectivity index (χ0) is 24.2. The number of carbonyl (C=O) groups is 1. The van der Waals surface area contributed by atoms with Gasteiger partial charge in [-0.3, -0.25) is 14.7 Å². The Morgan fingerprint density at radius 3 is 2.57 bits per heavy atom. The zero-order valence-corrected chi connectivity index (χ0v) is 19.5. The molecule has 178 valence electrons. The van der Waals surface area contributed by atoms with Crippen LogP contribution in [-0.4, -0.2) is 47.1 Å². The number of hydrogen-bond acceptors (Lipinski definition) is 6. The van der Waals surface area contributed by atoms with Crippen molar-refractivity contribution in [3.05, 3.63) is 89.0 Å². The third-order valence-corrected chi connectivity index (χ3v) is 5.89. The molecule has 0 spiro atoms. The van der Waals surface area contributed by atoms with Crippen LogP contribution in [0.4, 0.5) is 10.1 Å². The summed E-state index contributed by atoms with van der Waals surface area (Å²) in [5, 5.41) is 2.69. The van der Waals surface area contributed by atoms with Gasteiger partial charge in [0.2, 0.25) is 0 Å². The standard InChI is InChI=1S/C26H22ClFN4O3/c27-22-7-1-17(13-23(22)28)26(33)31-18-2-4-20(5-3-18)35-21-6-8-24-25(14-21)30-19(15-29-24)16-32-9-11-34-12-10-32/h1-8,13-15H,9-12,16H2,(H,31,33). The lowest BCUT2D eigenvalue weighted by atomic mass is 10.2. The van der Waals surface area contributed by atoms with Gasteiger partial charge in [0.25, 0.3) is 5.91 Å². The van der Waals surface area contributed by atoms with E-state index in [9.17, 15) is 9.18 Å². The molecule has 9 heteroatoms. The van der Waals surface area contributed by atoms with Crippen LogP contribution in [0.25, 0.3) is 11.0 Å². The number of amides is 1. The first-order valence-electron chi connectivity index (χ1n) is 11.1. The summed E-state index contributed by atoms with van der Waals surface area (Å²) in [5.41, 5.74) is 3.18. The number of nitrogens with one attached hydrogen (secondary N) is 1. The Labute approximate surface area is 206 Å². The number of carbonyl (C=O) groups excluding carboxylic acids is 1. The number of rotatable bonds is 6. The number of aromatic nitrogens is 2. The first-order chi connectivity index (χ1) is 17.0. The molecule has 2 heterocycles. The Kier molecular flexibility index (Phi) is 6.85. The van der Waals surface area contributed by atoms with Crippen molar-refractivity contribution in [3.8, 4) is 11.5 Å². The van der Waals surface area contributed by atoms with E-state index in [4.69, 9.17) is 26.1 Å². The summed E-state index contributed by atoms with van der Waals surface area (Å²) in [4.78, 5) is 23.9. The summed E-state index contributed by atoms with van der Waals surface area (Å²) in [6, 6.07) is 16.4. The Balaban J connectivity index is 1.25. The van der Waals surface area contributed by atoms with Crippen molar-refractivity contribution in [2.24, 2.45) is 0 Å². The van der Waals surface area contributed by atoms with Gasteiger partial charge in [0.15, 0.2) is 0 Å². The molecule has 1 fully saturated rings. The molecular weight excluding hydrogens is 471 g/mol. The van der Waals surface area contributed by atoms with Crippen LogP contribution in [0.5, 0.6) is 11.5 Å². The van der Waals surface area contributed by atoms with Crippen molar-refractivity contribution < 1.29 is 18.7 Å². The molecule has 1 aliphatic rings. The van der Waals surface area contributed by atoms with Gasteiger partial charge in [0, 0.05) is 37.0 Å². The second-order valence-electron chi connectivity index (χ2n) is 8.11. The number of benzene rings is 3. The average Bonchev–Trinajstić information content (AvgIpc) is 2.87. The number of halogens is 2. The summed E-state index contributed by atoms with van der Waals surface area (Å²) in [6.07, 6.45) is 1.81. The SMILES string of the molecule is O=C(Nc1ccc(Oc2ccc3ncc(CN4CCOCC4)nc3c2)cc1)c1ccc(Cl)c(F)c1. The molecule has 7 nitrogen and oxygen atoms in total. The maximum Gasteiger partial charge on any atom is 0.255 e. The van der Waals surface area contributed by atoms with E-state index in [1.165, 1.54) is 12.1 Å². The third-order valence-electron chi connectivity index (χ3n) is 5.58. The summed E-state index contributed by atoms with van der Waals surface area (Å²) < 4.78 is 25.0. The van der Waals surface area contributed by atoms with E-state index in [1.54, 1.807) is 24.3 Å². The molecule has 1 amide bonds. The number of morpholine rings is 1. The minimum atomic E-state index is -0.642. The molecule has 0 atom stereocenters. The Bertz CT molecular complexity index is 1360. The first-order valence-corrected chi connectivity index (χ1v) is 11.5. The molecule has 0 saturated carbocycles. The van der Waals surface area contributed by atoms with E-state index in [1.807, 2.05) is 24.4 Å². The topological polar surface area (TPSA) is 76.6 Å². The number of hydrogen-bond donors (Lipinski definition) is 1. The number of fused-ring (bicyclic) bond motifs is 1. The van der Waals surface area contributed by atoms with Crippen LogP contribution in [0.1, 0.15) is 16.1 Å². The molecule has 4 aromatic rings. The van der Waals surface area contributed by atoms with Crippen LogP contribution in [0, 0.1) is 5.82 Å². The van der Waals surface area contributed by atoms with Crippen LogP contribution in [0.2, 0.25) is 5.02 Å². The lowest BCUT2D eigenvalue weighted by Crippen LogP contribution is -2.35. The monoisotopic (exact) mass is 492 g/mol. The molecule has 1 aromatic heterocycles. The quantitative estimate of drug-likeness (QED) is 0.393. The Morgan fingerprint density at radius 2 is 1.80 bits per heavy atom. The van der Waals surface area contributed by atoms with Gasteiger partial charge in [0.1, 0.15) is 17.3 Å². The van der Waals surface area contributed by atoms with Crippen LogP contribution >= 0.6 is 11.6 Å². The van der Waals surface area contributed by atoms with E-state index in [-0.39, 0.29) is 10.6 Å². The van der Waals surface area contributed by atoms with Gasteiger partial charge in [-0.2, -0.15) is 0 Å². The van der Waals surface area contributed by atoms with Gasteiger partial charge in [0.05, 0.1) is 41.2 Å². The first kappa shape index (κ1) is 23.2. The molecule has 0 radical (unpaired) electrons. The molecule has 35 heavy (non-hydrogen) atoms. The van der Waals surface area contributed by atoms with Gasteiger partial charge in [-0.25, -0.2) is 9.37 Å². The highest BCUT2D eigenvalue weighted by molar-refractivity contribution is 6.30. The Morgan fingerprint density at radius 1 is 1.03 bits per heavy atom. The van der Waals surface area contributed by atoms with Crippen LogP contribution < -0.4 is 10.1 Å². The van der Waals surface area contributed by atoms with Crippen LogP contribution in [0.3, 0.4) is 0 Å². The highest BCUT2D eigenvalue weighted by Crippen LogP contribution is 2.26. The fourth-order valence-corrected chi connectivity index (χ4v) is 3.86. The highest BCUT2D eigenvalue weighted by Gasteiger charge is 2.13. The number of ether oxygens (including phenoxy) is 2. The van der Waals surface area contributed by atoms with Crippen molar-refractivity contribution in [2.45, 2.75) is 6.54 Å². The third kappa shape index (κ3) is 5.74. The molecule has 1 N–H and O–H groups in total. The van der Waals surface area contributed by atoms with Crippen LogP contribution in [-0.2, 0) is 11.3 Å². The van der Waals surface area contributed by atoms with E-state index in [0.29, 0.717) is 17.2 Å². The maximum atomic E-state index is 13.6. The lowest BCUT2D eigenvalue weighted by molar-refractivity contribution is 0.0336. The lowest BCUT2D eigenvalue weighted by Gasteiger charge is -2.26. The maximum absolute atomic E-state index is 13.6. The second kappa shape index (κ2) is 10.4. The summed E-state index contributed by atoms with van der Waals surface area (Å²) in [6.45, 7) is 3.97. The largest absolute Gasteiger partial charge is 0.457 e. The average molecular weight is 493 g/mol. The van der Waals surface area contributed by atoms with Crippen molar-refractivity contribution in [1.82, 2.24) is 14.9 Å². The van der Waals surface area contributed by atoms with Crippen LogP contribution in [0.15, 0.2) is 66.9 Å². The van der Waals surface area contributed by atoms with Gasteiger partial charge in [-0.15, -0.1) is 0 Å². The normalized spacial score (nSPS) is 14.1. The molecule has 0 bridgehead atoms. The minimum Gasteiger partial charge on any atom is -0.457 e. The van der Waals surface area contributed by atoms with E-state index >= 15 is 0 Å². The fourth-order valence-electron chi connectivity index (χ4n) is 3.74. The van der Waals surface area contributed by atoms with Gasteiger partial charge in [-0.1, -0.05) is 11.6 Å². The summed E-state index contributed by atoms with van der Waals surface area (Å²) in [7, 11) is 0. The van der Waals surface area contributed by atoms with Crippen molar-refractivity contribution >= 4 is 34.2 Å². The molecule has 3 aromatic carbocycles. The van der Waals surface area contributed by atoms with Gasteiger partial charge < -0.3 is 14.8 Å². The molecule has 1 aliphatic heterocycles. The Hall–Kier alpha value is -3.59. The number of nitrogens with zero attached hydrogens (tertiary/aromatic N) is 3. The molecule has 1 saturated heterocycles. The predicted octanol–water partition coefficient (Wildman–Crippen LogP) is 5.30. The molecule has 5 rings (SSSR count). The minimum absolute atomic E-state index is 0.0314. The molecule has 0 unspecified atom stereocenters. The highest BCUT2D eigenvalue weighted by atomic mass is 35.5. The van der Waals surface area contributed by atoms with Crippen molar-refractivity contribution in [1.29, 1.82) is 0 Å². The summed E-state index contributed by atoms with van der Waals surface area (Å²) in [5.74, 6) is 0.146. The second-order valence-corrected chi connectivity index (χ2v) is 8.52. The van der Waals surface area contributed by atoms with Crippen molar-refractivity contribution in [3.63, 3.8) is 0 Å². The molecule has 0 aliphatic carbocycles. The fraction of sp³-hybridized carbons (Fsp3) is 0.192. The van der Waals surface area contributed by atoms with E-state index < -0.39 is 11.7 Å². The summed E-state index contributed by atoms with van der Waals surface area (Å²) >= 11 is 5.67. The number of anilines is 1.